The minimum absolute atomic E-state index is 0. The van der Waals surface area contributed by atoms with Gasteiger partial charge in [0.25, 0.3) is 5.91 Å². The maximum absolute atomic E-state index is 12.7. The van der Waals surface area contributed by atoms with Gasteiger partial charge in [-0.2, -0.15) is 0 Å². The van der Waals surface area contributed by atoms with E-state index in [1.807, 2.05) is 23.1 Å². The normalized spacial score (nSPS) is 14.0. The minimum atomic E-state index is -0.0248. The molecule has 1 aliphatic rings. The first-order valence-electron chi connectivity index (χ1n) is 10.0. The summed E-state index contributed by atoms with van der Waals surface area (Å²) in [6.07, 6.45) is 2.91. The number of halogens is 1. The Morgan fingerprint density at radius 2 is 1.62 bits per heavy atom. The summed E-state index contributed by atoms with van der Waals surface area (Å²) >= 11 is 0. The highest BCUT2D eigenvalue weighted by Crippen LogP contribution is 2.17. The largest absolute Gasteiger partial charge is 0.484 e. The lowest BCUT2D eigenvalue weighted by molar-refractivity contribution is -0.136. The highest BCUT2D eigenvalue weighted by atomic mass is 35.5. The summed E-state index contributed by atoms with van der Waals surface area (Å²) in [5.41, 5.74) is 1.26. The lowest BCUT2D eigenvalue weighted by Gasteiger charge is -2.34. The molecule has 1 fully saturated rings. The third-order valence-corrected chi connectivity index (χ3v) is 5.05. The Hall–Kier alpha value is -2.37. The van der Waals surface area contributed by atoms with Crippen LogP contribution in [0.25, 0.3) is 0 Å². The second-order valence-corrected chi connectivity index (χ2v) is 7.08. The maximum atomic E-state index is 12.7. The zero-order valence-corrected chi connectivity index (χ0v) is 17.6. The molecule has 2 aromatic rings. The molecule has 6 heteroatoms. The Morgan fingerprint density at radius 3 is 2.24 bits per heavy atom. The average Bonchev–Trinajstić information content (AvgIpc) is 2.77. The van der Waals surface area contributed by atoms with Gasteiger partial charge in [0.15, 0.2) is 12.4 Å². The fraction of sp³-hybridized carbons (Fsp3) is 0.391. The second kappa shape index (κ2) is 11.6. The van der Waals surface area contributed by atoms with Gasteiger partial charge in [-0.3, -0.25) is 9.59 Å². The Morgan fingerprint density at radius 1 is 1.00 bits per heavy atom. The van der Waals surface area contributed by atoms with Crippen molar-refractivity contribution in [2.24, 2.45) is 0 Å². The third kappa shape index (κ3) is 6.31. The van der Waals surface area contributed by atoms with Crippen LogP contribution < -0.4 is 10.1 Å². The van der Waals surface area contributed by atoms with Gasteiger partial charge in [0.05, 0.1) is 0 Å². The van der Waals surface area contributed by atoms with Crippen molar-refractivity contribution < 1.29 is 14.3 Å². The molecule has 1 aliphatic heterocycles. The van der Waals surface area contributed by atoms with Crippen molar-refractivity contribution in [3.05, 3.63) is 65.7 Å². The van der Waals surface area contributed by atoms with E-state index in [1.54, 1.807) is 36.4 Å². The van der Waals surface area contributed by atoms with Gasteiger partial charge < -0.3 is 15.0 Å². The zero-order valence-electron chi connectivity index (χ0n) is 16.8. The van der Waals surface area contributed by atoms with Gasteiger partial charge in [0.2, 0.25) is 0 Å². The quantitative estimate of drug-likeness (QED) is 0.666. The van der Waals surface area contributed by atoms with Crippen molar-refractivity contribution in [1.82, 2.24) is 10.2 Å². The average molecular weight is 417 g/mol. The molecule has 1 heterocycles. The second-order valence-electron chi connectivity index (χ2n) is 7.08. The number of benzene rings is 2. The topological polar surface area (TPSA) is 58.6 Å². The molecule has 0 atom stereocenters. The van der Waals surface area contributed by atoms with Crippen LogP contribution in [-0.2, 0) is 4.79 Å². The first kappa shape index (κ1) is 22.9. The van der Waals surface area contributed by atoms with Crippen LogP contribution in [0.5, 0.6) is 5.75 Å². The smallest absolute Gasteiger partial charge is 0.260 e. The van der Waals surface area contributed by atoms with E-state index in [0.29, 0.717) is 22.9 Å². The maximum Gasteiger partial charge on any atom is 0.260 e. The summed E-state index contributed by atoms with van der Waals surface area (Å²) in [6.45, 7) is 4.78. The number of hydrogen-bond donors (Lipinski definition) is 1. The van der Waals surface area contributed by atoms with Gasteiger partial charge in [0, 0.05) is 23.7 Å². The Kier molecular flexibility index (Phi) is 9.16. The van der Waals surface area contributed by atoms with Gasteiger partial charge in [-0.1, -0.05) is 37.3 Å². The van der Waals surface area contributed by atoms with Crippen LogP contribution in [0.1, 0.15) is 42.1 Å². The number of nitrogens with one attached hydrogen (secondary N) is 1. The zero-order chi connectivity index (χ0) is 19.8. The molecule has 0 saturated carbocycles. The molecule has 2 aromatic carbocycles. The van der Waals surface area contributed by atoms with Crippen LogP contribution in [0.15, 0.2) is 54.6 Å². The van der Waals surface area contributed by atoms with Crippen molar-refractivity contribution in [3.63, 3.8) is 0 Å². The number of nitrogens with zero attached hydrogens (tertiary/aromatic N) is 1. The van der Waals surface area contributed by atoms with Crippen LogP contribution in [0.4, 0.5) is 0 Å². The molecular weight excluding hydrogens is 388 g/mol. The molecule has 1 N–H and O–H groups in total. The predicted octanol–water partition coefficient (Wildman–Crippen LogP) is 3.71. The van der Waals surface area contributed by atoms with Crippen LogP contribution in [0.2, 0.25) is 0 Å². The molecule has 0 unspecified atom stereocenters. The molecule has 1 amide bonds. The predicted molar refractivity (Wildman–Crippen MR) is 117 cm³/mol. The van der Waals surface area contributed by atoms with E-state index in [0.717, 1.165) is 38.9 Å². The summed E-state index contributed by atoms with van der Waals surface area (Å²) in [4.78, 5) is 27.1. The van der Waals surface area contributed by atoms with E-state index in [-0.39, 0.29) is 30.7 Å². The molecule has 1 saturated heterocycles. The van der Waals surface area contributed by atoms with Gasteiger partial charge in [-0.05, 0) is 56.6 Å². The van der Waals surface area contributed by atoms with Crippen molar-refractivity contribution >= 4 is 24.1 Å². The number of rotatable bonds is 8. The first-order chi connectivity index (χ1) is 13.7. The first-order valence-corrected chi connectivity index (χ1v) is 10.0. The molecular formula is C23H29ClN2O3. The van der Waals surface area contributed by atoms with Gasteiger partial charge >= 0.3 is 0 Å². The number of hydrogen-bond acceptors (Lipinski definition) is 4. The fourth-order valence-electron chi connectivity index (χ4n) is 3.56. The molecule has 3 rings (SSSR count). The van der Waals surface area contributed by atoms with Crippen LogP contribution in [-0.4, -0.2) is 48.9 Å². The molecule has 5 nitrogen and oxygen atoms in total. The highest BCUT2D eigenvalue weighted by molar-refractivity contribution is 6.08. The Balaban J connectivity index is 0.00000300. The summed E-state index contributed by atoms with van der Waals surface area (Å²) in [7, 11) is 0. The van der Waals surface area contributed by atoms with Crippen LogP contribution in [0, 0.1) is 0 Å². The Labute approximate surface area is 178 Å². The molecule has 29 heavy (non-hydrogen) atoms. The van der Waals surface area contributed by atoms with Crippen molar-refractivity contribution in [3.8, 4) is 5.75 Å². The molecule has 0 spiro atoms. The molecule has 0 aromatic heterocycles. The summed E-state index contributed by atoms with van der Waals surface area (Å²) in [5.74, 6) is 0.598. The van der Waals surface area contributed by atoms with Gasteiger partial charge in [-0.15, -0.1) is 12.4 Å². The monoisotopic (exact) mass is 416 g/mol. The van der Waals surface area contributed by atoms with Crippen LogP contribution >= 0.6 is 12.4 Å². The number of ether oxygens (including phenoxy) is 1. The van der Waals surface area contributed by atoms with E-state index in [4.69, 9.17) is 4.74 Å². The van der Waals surface area contributed by atoms with E-state index < -0.39 is 0 Å². The van der Waals surface area contributed by atoms with Crippen molar-refractivity contribution in [1.29, 1.82) is 0 Å². The van der Waals surface area contributed by atoms with Gasteiger partial charge in [-0.25, -0.2) is 0 Å². The van der Waals surface area contributed by atoms with E-state index in [9.17, 15) is 9.59 Å². The van der Waals surface area contributed by atoms with Crippen molar-refractivity contribution in [2.75, 3.05) is 26.2 Å². The Bertz CT molecular complexity index is 774. The lowest BCUT2D eigenvalue weighted by atomic mass is 10.0. The number of ketones is 1. The fourth-order valence-corrected chi connectivity index (χ4v) is 3.56. The van der Waals surface area contributed by atoms with Gasteiger partial charge in [0.1, 0.15) is 5.75 Å². The lowest BCUT2D eigenvalue weighted by Crippen LogP contribution is -2.48. The number of piperidine rings is 1. The van der Waals surface area contributed by atoms with Crippen LogP contribution in [0.3, 0.4) is 0 Å². The van der Waals surface area contributed by atoms with Crippen molar-refractivity contribution in [2.45, 2.75) is 32.2 Å². The third-order valence-electron chi connectivity index (χ3n) is 5.05. The summed E-state index contributed by atoms with van der Waals surface area (Å²) in [6, 6.07) is 16.5. The van der Waals surface area contributed by atoms with E-state index in [1.165, 1.54) is 0 Å². The number of amides is 1. The minimum Gasteiger partial charge on any atom is -0.484 e. The molecule has 0 radical (unpaired) electrons. The number of carbonyl (C=O) groups is 2. The molecule has 0 bridgehead atoms. The standard InChI is InChI=1S/C23H28N2O3.ClH/c1-2-16-25(20-12-14-24-15-13-20)22(26)17-28-21-10-8-19(9-11-21)23(27)18-6-4-3-5-7-18;/h3-11,20,24H,2,12-17H2,1H3;1H. The van der Waals surface area contributed by atoms with E-state index in [2.05, 4.69) is 12.2 Å². The number of carbonyl (C=O) groups excluding carboxylic acids is 2. The summed E-state index contributed by atoms with van der Waals surface area (Å²) < 4.78 is 5.71. The molecule has 156 valence electrons. The van der Waals surface area contributed by atoms with E-state index >= 15 is 0 Å². The molecule has 0 aliphatic carbocycles. The SMILES string of the molecule is CCCN(C(=O)COc1ccc(C(=O)c2ccccc2)cc1)C1CCNCC1.Cl. The summed E-state index contributed by atoms with van der Waals surface area (Å²) in [5, 5.41) is 3.34. The highest BCUT2D eigenvalue weighted by Gasteiger charge is 2.24.